The fourth-order valence-corrected chi connectivity index (χ4v) is 10.2. The number of fused-ring (bicyclic) bond motifs is 10. The van der Waals surface area contributed by atoms with Crippen molar-refractivity contribution in [1.82, 2.24) is 0 Å². The summed E-state index contributed by atoms with van der Waals surface area (Å²) in [5, 5.41) is 9.73. The van der Waals surface area contributed by atoms with E-state index in [1.54, 1.807) is 0 Å². The summed E-state index contributed by atoms with van der Waals surface area (Å²) in [5.74, 6) is 0. The fraction of sp³-hybridized carbons (Fsp3) is 0.0182. The van der Waals surface area contributed by atoms with Crippen LogP contribution < -0.4 is 0 Å². The van der Waals surface area contributed by atoms with E-state index in [-0.39, 0.29) is 0 Å². The number of furan rings is 1. The second kappa shape index (κ2) is 11.9. The van der Waals surface area contributed by atoms with Gasteiger partial charge in [-0.25, -0.2) is 0 Å². The Kier molecular flexibility index (Phi) is 6.62. The molecule has 0 bridgehead atoms. The first kappa shape index (κ1) is 31.2. The molecule has 0 unspecified atom stereocenters. The van der Waals surface area contributed by atoms with Crippen molar-refractivity contribution in [1.29, 1.82) is 0 Å². The number of hydrogen-bond donors (Lipinski definition) is 0. The summed E-state index contributed by atoms with van der Waals surface area (Å²) in [6, 6.07) is 75.5. The van der Waals surface area contributed by atoms with Crippen LogP contribution in [0, 0.1) is 0 Å². The number of hydrogen-bond acceptors (Lipinski definition) is 1. The first-order chi connectivity index (χ1) is 27.8. The molecule has 260 valence electrons. The predicted molar refractivity (Wildman–Crippen MR) is 234 cm³/mol. The van der Waals surface area contributed by atoms with E-state index in [1.165, 1.54) is 88.0 Å². The Morgan fingerprint density at radius 3 is 1.48 bits per heavy atom. The van der Waals surface area contributed by atoms with Gasteiger partial charge in [0.2, 0.25) is 0 Å². The van der Waals surface area contributed by atoms with Crippen molar-refractivity contribution in [2.45, 2.75) is 5.41 Å². The maximum atomic E-state index is 7.14. The van der Waals surface area contributed by atoms with Gasteiger partial charge in [-0.15, -0.1) is 0 Å². The Hall–Kier alpha value is -7.22. The third-order valence-electron chi connectivity index (χ3n) is 12.3. The van der Waals surface area contributed by atoms with Crippen LogP contribution in [0.15, 0.2) is 211 Å². The van der Waals surface area contributed by atoms with Gasteiger partial charge >= 0.3 is 0 Å². The van der Waals surface area contributed by atoms with Crippen LogP contribution in [0.1, 0.15) is 22.3 Å². The summed E-state index contributed by atoms with van der Waals surface area (Å²) in [4.78, 5) is 0. The molecule has 56 heavy (non-hydrogen) atoms. The summed E-state index contributed by atoms with van der Waals surface area (Å²) in [7, 11) is 0. The van der Waals surface area contributed by atoms with Crippen molar-refractivity contribution >= 4 is 54.3 Å². The van der Waals surface area contributed by atoms with Crippen molar-refractivity contribution < 1.29 is 4.42 Å². The van der Waals surface area contributed by atoms with Crippen LogP contribution in [0.4, 0.5) is 0 Å². The molecule has 1 heteroatoms. The van der Waals surface area contributed by atoms with Gasteiger partial charge in [0.15, 0.2) is 0 Å². The van der Waals surface area contributed by atoms with Gasteiger partial charge in [-0.2, -0.15) is 0 Å². The van der Waals surface area contributed by atoms with Crippen LogP contribution in [0.5, 0.6) is 0 Å². The minimum atomic E-state index is -0.492. The van der Waals surface area contributed by atoms with Gasteiger partial charge in [-0.1, -0.05) is 200 Å². The van der Waals surface area contributed by atoms with E-state index in [4.69, 9.17) is 4.42 Å². The van der Waals surface area contributed by atoms with Crippen LogP contribution >= 0.6 is 0 Å². The normalized spacial score (nSPS) is 13.1. The second-order valence-electron chi connectivity index (χ2n) is 15.0. The van der Waals surface area contributed by atoms with E-state index in [9.17, 15) is 0 Å². The molecule has 1 nitrogen and oxygen atoms in total. The van der Waals surface area contributed by atoms with Crippen molar-refractivity contribution in [3.8, 4) is 33.4 Å². The minimum Gasteiger partial charge on any atom is -0.455 e. The molecule has 0 saturated heterocycles. The maximum absolute atomic E-state index is 7.14. The summed E-state index contributed by atoms with van der Waals surface area (Å²) in [6.07, 6.45) is 0. The first-order valence-corrected chi connectivity index (χ1v) is 19.4. The lowest BCUT2D eigenvalue weighted by Crippen LogP contribution is -2.28. The van der Waals surface area contributed by atoms with Gasteiger partial charge in [0, 0.05) is 16.3 Å². The summed E-state index contributed by atoms with van der Waals surface area (Å²) in [6.45, 7) is 0. The molecule has 12 rings (SSSR count). The summed E-state index contributed by atoms with van der Waals surface area (Å²) >= 11 is 0. The van der Waals surface area contributed by atoms with Gasteiger partial charge in [-0.05, 0) is 88.5 Å². The van der Waals surface area contributed by atoms with Crippen LogP contribution in [0.3, 0.4) is 0 Å². The summed E-state index contributed by atoms with van der Waals surface area (Å²) in [5.41, 5.74) is 13.7. The van der Waals surface area contributed by atoms with Crippen molar-refractivity contribution in [3.05, 3.63) is 229 Å². The fourth-order valence-electron chi connectivity index (χ4n) is 10.2. The third-order valence-corrected chi connectivity index (χ3v) is 12.3. The average Bonchev–Trinajstić information content (AvgIpc) is 3.80. The van der Waals surface area contributed by atoms with E-state index < -0.39 is 5.41 Å². The molecule has 0 atom stereocenters. The largest absolute Gasteiger partial charge is 0.455 e. The monoisotopic (exact) mass is 710 g/mol. The average molecular weight is 711 g/mol. The molecule has 0 fully saturated rings. The molecule has 0 amide bonds. The van der Waals surface area contributed by atoms with E-state index >= 15 is 0 Å². The predicted octanol–water partition coefficient (Wildman–Crippen LogP) is 14.7. The molecular formula is C55H34O. The Bertz CT molecular complexity index is 3250. The lowest BCUT2D eigenvalue weighted by molar-refractivity contribution is 0.669. The van der Waals surface area contributed by atoms with Crippen molar-refractivity contribution in [3.63, 3.8) is 0 Å². The molecule has 1 aliphatic rings. The van der Waals surface area contributed by atoms with E-state index in [1.807, 2.05) is 0 Å². The molecule has 0 saturated carbocycles. The Morgan fingerprint density at radius 1 is 0.304 bits per heavy atom. The smallest absolute Gasteiger partial charge is 0.143 e. The van der Waals surface area contributed by atoms with Crippen LogP contribution in [0.25, 0.3) is 87.6 Å². The van der Waals surface area contributed by atoms with Crippen LogP contribution in [-0.2, 0) is 5.41 Å². The highest BCUT2D eigenvalue weighted by Gasteiger charge is 2.47. The van der Waals surface area contributed by atoms with Gasteiger partial charge in [0.25, 0.3) is 0 Å². The molecular weight excluding hydrogens is 677 g/mol. The molecule has 0 radical (unpaired) electrons. The van der Waals surface area contributed by atoms with E-state index in [2.05, 4.69) is 206 Å². The third kappa shape index (κ3) is 4.15. The van der Waals surface area contributed by atoms with Crippen LogP contribution in [-0.4, -0.2) is 0 Å². The zero-order valence-electron chi connectivity index (χ0n) is 30.5. The van der Waals surface area contributed by atoms with E-state index in [0.717, 1.165) is 21.9 Å². The number of benzene rings is 10. The first-order valence-electron chi connectivity index (χ1n) is 19.4. The lowest BCUT2D eigenvalue weighted by Gasteiger charge is -2.33. The van der Waals surface area contributed by atoms with Crippen molar-refractivity contribution in [2.75, 3.05) is 0 Å². The lowest BCUT2D eigenvalue weighted by atomic mass is 9.67. The summed E-state index contributed by atoms with van der Waals surface area (Å²) < 4.78 is 7.14. The van der Waals surface area contributed by atoms with Gasteiger partial charge in [-0.3, -0.25) is 0 Å². The molecule has 1 aliphatic carbocycles. The highest BCUT2D eigenvalue weighted by Crippen LogP contribution is 2.59. The second-order valence-corrected chi connectivity index (χ2v) is 15.0. The Balaban J connectivity index is 1.19. The maximum Gasteiger partial charge on any atom is 0.143 e. The molecule has 11 aromatic rings. The number of rotatable bonds is 4. The van der Waals surface area contributed by atoms with E-state index in [0.29, 0.717) is 0 Å². The van der Waals surface area contributed by atoms with Gasteiger partial charge in [0.1, 0.15) is 11.2 Å². The molecule has 0 aliphatic heterocycles. The van der Waals surface area contributed by atoms with Crippen LogP contribution in [0.2, 0.25) is 0 Å². The Morgan fingerprint density at radius 2 is 0.804 bits per heavy atom. The highest BCUT2D eigenvalue weighted by atomic mass is 16.3. The highest BCUT2D eigenvalue weighted by molar-refractivity contribution is 6.27. The topological polar surface area (TPSA) is 13.1 Å². The van der Waals surface area contributed by atoms with Gasteiger partial charge in [0.05, 0.1) is 5.41 Å². The molecule has 10 aromatic carbocycles. The molecule has 0 spiro atoms. The van der Waals surface area contributed by atoms with Crippen molar-refractivity contribution in [2.24, 2.45) is 0 Å². The Labute approximate surface area is 324 Å². The standard InChI is InChI=1S/C55H34O/c1-3-19-36(20-4-1)55(37-21-5-2-6-22-37)47-31-14-13-28-44(47)53-48(55)34-33-46-52-45(30-16-32-49(52)56-54(46)53)51-42-26-11-9-24-40(42)50(41-25-10-12-27-43(41)51)39-29-15-18-35-17-7-8-23-38(35)39/h1-34H. The molecule has 1 heterocycles. The zero-order valence-corrected chi connectivity index (χ0v) is 30.5. The van der Waals surface area contributed by atoms with Gasteiger partial charge < -0.3 is 4.42 Å². The molecule has 1 aromatic heterocycles. The SMILES string of the molecule is c1ccc(C2(c3ccccc3)c3ccccc3-c3c2ccc2c3oc3cccc(-c4c5ccccc5c(-c5cccc6ccccc56)c5ccccc45)c32)cc1. The minimum absolute atomic E-state index is 0.492. The molecule has 0 N–H and O–H groups in total. The zero-order chi connectivity index (χ0) is 36.8. The quantitative estimate of drug-likeness (QED) is 0.166.